The molecular weight excluding hydrogens is 368 g/mol. The summed E-state index contributed by atoms with van der Waals surface area (Å²) < 4.78 is 29.5. The summed E-state index contributed by atoms with van der Waals surface area (Å²) >= 11 is 0. The summed E-state index contributed by atoms with van der Waals surface area (Å²) in [5.41, 5.74) is 4.32. The summed E-state index contributed by atoms with van der Waals surface area (Å²) in [7, 11) is 0. The van der Waals surface area contributed by atoms with E-state index >= 15 is 0 Å². The Labute approximate surface area is 170 Å². The fourth-order valence-electron chi connectivity index (χ4n) is 4.81. The molecule has 0 saturated heterocycles. The van der Waals surface area contributed by atoms with Crippen molar-refractivity contribution in [3.05, 3.63) is 53.2 Å². The molecule has 2 aliphatic rings. The minimum Gasteiger partial charge on any atom is -0.358 e. The third-order valence-electron chi connectivity index (χ3n) is 6.25. The van der Waals surface area contributed by atoms with Gasteiger partial charge in [-0.05, 0) is 38.0 Å². The average molecular weight is 395 g/mol. The molecule has 5 heteroatoms. The first-order chi connectivity index (χ1) is 14.2. The molecular formula is C24H27F2N3. The van der Waals surface area contributed by atoms with Gasteiger partial charge in [0.1, 0.15) is 19.4 Å². The van der Waals surface area contributed by atoms with E-state index in [4.69, 9.17) is 0 Å². The van der Waals surface area contributed by atoms with Crippen LogP contribution in [0, 0.1) is 18.3 Å². The average Bonchev–Trinajstić information content (AvgIpc) is 3.08. The maximum atomic E-state index is 13.6. The molecule has 0 atom stereocenters. The Bertz CT molecular complexity index is 986. The topological polar surface area (TPSA) is 32.0 Å². The van der Waals surface area contributed by atoms with E-state index in [0.29, 0.717) is 18.2 Å². The molecule has 1 fully saturated rings. The Kier molecular flexibility index (Phi) is 5.71. The normalized spacial score (nSPS) is 17.8. The van der Waals surface area contributed by atoms with Crippen molar-refractivity contribution in [2.75, 3.05) is 19.9 Å². The number of hydrogen-bond acceptors (Lipinski definition) is 2. The van der Waals surface area contributed by atoms with Crippen molar-refractivity contribution < 1.29 is 8.78 Å². The van der Waals surface area contributed by atoms with Crippen LogP contribution < -0.4 is 0 Å². The number of nitrogens with zero attached hydrogens (tertiary/aromatic N) is 3. The van der Waals surface area contributed by atoms with Crippen LogP contribution in [0.1, 0.15) is 55.0 Å². The molecule has 1 aromatic carbocycles. The van der Waals surface area contributed by atoms with Crippen molar-refractivity contribution >= 4 is 16.6 Å². The molecule has 0 unspecified atom stereocenters. The van der Waals surface area contributed by atoms with Crippen LogP contribution in [0.2, 0.25) is 0 Å². The predicted molar refractivity (Wildman–Crippen MR) is 113 cm³/mol. The van der Waals surface area contributed by atoms with Gasteiger partial charge in [0.15, 0.2) is 0 Å². The molecule has 0 spiro atoms. The summed E-state index contributed by atoms with van der Waals surface area (Å²) in [5.74, 6) is 0. The van der Waals surface area contributed by atoms with Crippen molar-refractivity contribution in [3.8, 4) is 6.07 Å². The molecule has 1 aromatic heterocycles. The highest BCUT2D eigenvalue weighted by Gasteiger charge is 2.31. The Balaban J connectivity index is 1.98. The second-order valence-electron chi connectivity index (χ2n) is 8.11. The van der Waals surface area contributed by atoms with Crippen LogP contribution in [0.15, 0.2) is 36.4 Å². The number of nitriles is 1. The monoisotopic (exact) mass is 395 g/mol. The number of hydrogen-bond donors (Lipinski definition) is 0. The Morgan fingerprint density at radius 2 is 1.93 bits per heavy atom. The highest BCUT2D eigenvalue weighted by atomic mass is 19.1. The lowest BCUT2D eigenvalue weighted by Crippen LogP contribution is -2.39. The molecule has 1 saturated carbocycles. The van der Waals surface area contributed by atoms with E-state index in [-0.39, 0.29) is 0 Å². The molecule has 1 aliphatic heterocycles. The van der Waals surface area contributed by atoms with Gasteiger partial charge < -0.3 is 9.47 Å². The zero-order valence-corrected chi connectivity index (χ0v) is 16.9. The molecule has 152 valence electrons. The van der Waals surface area contributed by atoms with Crippen molar-refractivity contribution in [1.82, 2.24) is 9.47 Å². The number of aryl methyl sites for hydroxylation is 1. The van der Waals surface area contributed by atoms with E-state index in [9.17, 15) is 14.0 Å². The first-order valence-electron chi connectivity index (χ1n) is 10.5. The lowest BCUT2D eigenvalue weighted by molar-refractivity contribution is 0.211. The van der Waals surface area contributed by atoms with E-state index in [2.05, 4.69) is 28.8 Å². The molecule has 29 heavy (non-hydrogen) atoms. The van der Waals surface area contributed by atoms with E-state index < -0.39 is 19.4 Å². The number of allylic oxidation sites excluding steroid dienone is 2. The molecule has 3 nitrogen and oxygen atoms in total. The van der Waals surface area contributed by atoms with Crippen molar-refractivity contribution in [3.63, 3.8) is 0 Å². The molecule has 0 N–H and O–H groups in total. The van der Waals surface area contributed by atoms with Gasteiger partial charge in [-0.2, -0.15) is 5.26 Å². The summed E-state index contributed by atoms with van der Waals surface area (Å²) in [4.78, 5) is 1.78. The number of rotatable bonds is 5. The van der Waals surface area contributed by atoms with Gasteiger partial charge >= 0.3 is 0 Å². The summed E-state index contributed by atoms with van der Waals surface area (Å²) in [5, 5.41) is 11.0. The van der Waals surface area contributed by atoms with Gasteiger partial charge in [-0.1, -0.05) is 43.0 Å². The zero-order valence-electron chi connectivity index (χ0n) is 16.9. The number of alkyl halides is 2. The maximum Gasteiger partial charge on any atom is 0.112 e. The molecule has 1 aliphatic carbocycles. The van der Waals surface area contributed by atoms with Crippen LogP contribution in [-0.4, -0.2) is 35.4 Å². The van der Waals surface area contributed by atoms with Crippen molar-refractivity contribution in [2.24, 2.45) is 0 Å². The van der Waals surface area contributed by atoms with Gasteiger partial charge in [-0.3, -0.25) is 0 Å². The number of aromatic nitrogens is 1. The Morgan fingerprint density at radius 3 is 2.62 bits per heavy atom. The maximum absolute atomic E-state index is 13.6. The standard InChI is InChI=1S/C24H27F2N3/c1-17-10-11-22-20(13-17)21(16-27)24(29(22)18-7-3-2-4-8-18)23-9-5-6-12-28(23)19(14-25)15-26/h5-6,9-11,13,18-19H,2-4,7-8,12,14-15H2,1H3. The van der Waals surface area contributed by atoms with Gasteiger partial charge in [0.25, 0.3) is 0 Å². The Hall–Kier alpha value is -2.61. The molecule has 4 rings (SSSR count). The highest BCUT2D eigenvalue weighted by molar-refractivity contribution is 5.93. The lowest BCUT2D eigenvalue weighted by atomic mass is 9.94. The first-order valence-corrected chi connectivity index (χ1v) is 10.5. The summed E-state index contributed by atoms with van der Waals surface area (Å²) in [6, 6.07) is 8.11. The summed E-state index contributed by atoms with van der Waals surface area (Å²) in [6.45, 7) is 0.953. The Morgan fingerprint density at radius 1 is 1.17 bits per heavy atom. The third kappa shape index (κ3) is 3.46. The second-order valence-corrected chi connectivity index (χ2v) is 8.11. The minimum atomic E-state index is -0.836. The van der Waals surface area contributed by atoms with Crippen molar-refractivity contribution in [2.45, 2.75) is 51.1 Å². The molecule has 2 heterocycles. The van der Waals surface area contributed by atoms with Crippen LogP contribution in [-0.2, 0) is 0 Å². The SMILES string of the molecule is Cc1ccc2c(c1)c(C#N)c(C1=CC=CCN1C(CF)CF)n2C1CCCCC1. The molecule has 0 amide bonds. The van der Waals surface area contributed by atoms with Crippen LogP contribution in [0.25, 0.3) is 16.6 Å². The van der Waals surface area contributed by atoms with Gasteiger partial charge in [-0.15, -0.1) is 0 Å². The van der Waals surface area contributed by atoms with Gasteiger partial charge in [0.2, 0.25) is 0 Å². The van der Waals surface area contributed by atoms with Gasteiger partial charge in [0, 0.05) is 18.0 Å². The van der Waals surface area contributed by atoms with Crippen molar-refractivity contribution in [1.29, 1.82) is 5.26 Å². The molecule has 0 bridgehead atoms. The van der Waals surface area contributed by atoms with Gasteiger partial charge in [0.05, 0.1) is 28.5 Å². The fraction of sp³-hybridized carbons (Fsp3) is 0.458. The highest BCUT2D eigenvalue weighted by Crippen LogP contribution is 2.40. The van der Waals surface area contributed by atoms with Crippen LogP contribution in [0.4, 0.5) is 8.78 Å². The quantitative estimate of drug-likeness (QED) is 0.636. The first kappa shape index (κ1) is 19.7. The van der Waals surface area contributed by atoms with Crippen LogP contribution in [0.5, 0.6) is 0 Å². The van der Waals surface area contributed by atoms with E-state index in [1.165, 1.54) is 6.42 Å². The summed E-state index contributed by atoms with van der Waals surface area (Å²) in [6.07, 6.45) is 11.4. The molecule has 0 radical (unpaired) electrons. The second kappa shape index (κ2) is 8.41. The van der Waals surface area contributed by atoms with E-state index in [0.717, 1.165) is 53.5 Å². The van der Waals surface area contributed by atoms with Crippen LogP contribution >= 0.6 is 0 Å². The predicted octanol–water partition coefficient (Wildman–Crippen LogP) is 5.85. The van der Waals surface area contributed by atoms with E-state index in [1.807, 2.05) is 25.2 Å². The number of halogens is 2. The fourth-order valence-corrected chi connectivity index (χ4v) is 4.81. The van der Waals surface area contributed by atoms with Gasteiger partial charge in [-0.25, -0.2) is 8.78 Å². The smallest absolute Gasteiger partial charge is 0.112 e. The zero-order chi connectivity index (χ0) is 20.4. The largest absolute Gasteiger partial charge is 0.358 e. The third-order valence-corrected chi connectivity index (χ3v) is 6.25. The van der Waals surface area contributed by atoms with Crippen LogP contribution in [0.3, 0.4) is 0 Å². The number of benzene rings is 1. The minimum absolute atomic E-state index is 0.300. The lowest BCUT2D eigenvalue weighted by Gasteiger charge is -2.35. The molecule has 2 aromatic rings. The number of fused-ring (bicyclic) bond motifs is 1. The van der Waals surface area contributed by atoms with E-state index in [1.54, 1.807) is 4.90 Å².